The molecule has 2 heterocycles. The van der Waals surface area contributed by atoms with Crippen LogP contribution in [0, 0.1) is 23.0 Å². The van der Waals surface area contributed by atoms with Crippen LogP contribution in [-0.2, 0) is 6.54 Å². The zero-order chi connectivity index (χ0) is 25.7. The number of amides is 1. The molecule has 180 valence electrons. The van der Waals surface area contributed by atoms with E-state index in [1.807, 2.05) is 6.07 Å². The largest absolute Gasteiger partial charge is 0.382 e. The fourth-order valence-electron chi connectivity index (χ4n) is 3.49. The third kappa shape index (κ3) is 5.59. The van der Waals surface area contributed by atoms with E-state index < -0.39 is 17.8 Å². The van der Waals surface area contributed by atoms with Crippen molar-refractivity contribution in [2.24, 2.45) is 0 Å². The van der Waals surface area contributed by atoms with Crippen molar-refractivity contribution in [2.45, 2.75) is 19.5 Å². The highest BCUT2D eigenvalue weighted by Crippen LogP contribution is 2.23. The maximum absolute atomic E-state index is 14.7. The highest BCUT2D eigenvalue weighted by Gasteiger charge is 2.17. The summed E-state index contributed by atoms with van der Waals surface area (Å²) in [5, 5.41) is 15.1. The predicted molar refractivity (Wildman–Crippen MR) is 130 cm³/mol. The number of nitrogen functional groups attached to an aromatic ring is 1. The molecule has 0 radical (unpaired) electrons. The third-order valence-electron chi connectivity index (χ3n) is 5.42. The molecule has 1 atom stereocenters. The molecule has 0 aliphatic carbocycles. The average molecular weight is 485 g/mol. The van der Waals surface area contributed by atoms with E-state index >= 15 is 0 Å². The standard InChI is InChI=1S/C26H21F2N7O/c1-15(18-3-5-19(27)6-4-18)35-26(36)21-8-17(10-29)12-34-25(21)33-11-16-2-7-20(22(28)9-16)23-13-32-24(30)14-31-23/h2-9,12-15H,11H2,1H3,(H2,30,32)(H,33,34)(H,35,36)/t15-/m0/s1. The van der Waals surface area contributed by atoms with Gasteiger partial charge in [-0.15, -0.1) is 0 Å². The first-order valence-electron chi connectivity index (χ1n) is 10.9. The molecule has 0 unspecified atom stereocenters. The Labute approximate surface area is 205 Å². The van der Waals surface area contributed by atoms with Crippen molar-refractivity contribution in [2.75, 3.05) is 11.1 Å². The molecule has 2 aromatic carbocycles. The van der Waals surface area contributed by atoms with Crippen LogP contribution in [0.15, 0.2) is 67.1 Å². The Bertz CT molecular complexity index is 1430. The van der Waals surface area contributed by atoms with Gasteiger partial charge in [-0.05, 0) is 48.4 Å². The Morgan fingerprint density at radius 3 is 2.50 bits per heavy atom. The zero-order valence-corrected chi connectivity index (χ0v) is 19.2. The van der Waals surface area contributed by atoms with Gasteiger partial charge in [-0.1, -0.05) is 18.2 Å². The fourth-order valence-corrected chi connectivity index (χ4v) is 3.49. The number of hydrogen-bond donors (Lipinski definition) is 3. The number of nitriles is 1. The van der Waals surface area contributed by atoms with Crippen LogP contribution in [0.4, 0.5) is 20.4 Å². The van der Waals surface area contributed by atoms with Crippen molar-refractivity contribution in [3.8, 4) is 17.3 Å². The highest BCUT2D eigenvalue weighted by atomic mass is 19.1. The van der Waals surface area contributed by atoms with E-state index in [2.05, 4.69) is 25.6 Å². The van der Waals surface area contributed by atoms with Crippen molar-refractivity contribution in [1.29, 1.82) is 5.26 Å². The van der Waals surface area contributed by atoms with Gasteiger partial charge in [0.15, 0.2) is 0 Å². The summed E-state index contributed by atoms with van der Waals surface area (Å²) >= 11 is 0. The Balaban J connectivity index is 1.51. The Morgan fingerprint density at radius 1 is 1.06 bits per heavy atom. The number of anilines is 2. The monoisotopic (exact) mass is 485 g/mol. The maximum Gasteiger partial charge on any atom is 0.255 e. The molecule has 0 spiro atoms. The minimum Gasteiger partial charge on any atom is -0.382 e. The number of carbonyl (C=O) groups excluding carboxylic acids is 1. The number of nitrogens with zero attached hydrogens (tertiary/aromatic N) is 4. The maximum atomic E-state index is 14.7. The van der Waals surface area contributed by atoms with Crippen LogP contribution in [-0.4, -0.2) is 20.9 Å². The van der Waals surface area contributed by atoms with Crippen molar-refractivity contribution >= 4 is 17.5 Å². The molecule has 2 aromatic heterocycles. The molecule has 0 fully saturated rings. The van der Waals surface area contributed by atoms with Gasteiger partial charge in [-0.2, -0.15) is 5.26 Å². The topological polar surface area (TPSA) is 130 Å². The van der Waals surface area contributed by atoms with Crippen LogP contribution in [0.25, 0.3) is 11.3 Å². The summed E-state index contributed by atoms with van der Waals surface area (Å²) in [5.41, 5.74) is 7.83. The van der Waals surface area contributed by atoms with Gasteiger partial charge in [0.05, 0.1) is 35.3 Å². The quantitative estimate of drug-likeness (QED) is 0.354. The molecule has 36 heavy (non-hydrogen) atoms. The van der Waals surface area contributed by atoms with Gasteiger partial charge < -0.3 is 16.4 Å². The van der Waals surface area contributed by atoms with Crippen molar-refractivity contribution in [1.82, 2.24) is 20.3 Å². The molecule has 4 rings (SSSR count). The van der Waals surface area contributed by atoms with Crippen molar-refractivity contribution < 1.29 is 13.6 Å². The minimum atomic E-state index is -0.493. The van der Waals surface area contributed by atoms with Gasteiger partial charge in [0.1, 0.15) is 29.3 Å². The number of nitrogens with two attached hydrogens (primary N) is 1. The van der Waals surface area contributed by atoms with Crippen LogP contribution in [0.5, 0.6) is 0 Å². The lowest BCUT2D eigenvalue weighted by molar-refractivity contribution is 0.0940. The first kappa shape index (κ1) is 24.2. The van der Waals surface area contributed by atoms with E-state index in [4.69, 9.17) is 5.73 Å². The lowest BCUT2D eigenvalue weighted by atomic mass is 10.1. The molecule has 0 bridgehead atoms. The van der Waals surface area contributed by atoms with E-state index in [9.17, 15) is 18.8 Å². The Morgan fingerprint density at radius 2 is 1.83 bits per heavy atom. The lowest BCUT2D eigenvalue weighted by Crippen LogP contribution is -2.28. The van der Waals surface area contributed by atoms with E-state index in [0.717, 1.165) is 0 Å². The molecular weight excluding hydrogens is 464 g/mol. The summed E-state index contributed by atoms with van der Waals surface area (Å²) in [4.78, 5) is 25.2. The summed E-state index contributed by atoms with van der Waals surface area (Å²) in [6.45, 7) is 1.92. The second kappa shape index (κ2) is 10.6. The Hall–Kier alpha value is -4.91. The van der Waals surface area contributed by atoms with Crippen LogP contribution in [0.2, 0.25) is 0 Å². The number of carbonyl (C=O) groups is 1. The number of aromatic nitrogens is 3. The Kier molecular flexibility index (Phi) is 7.11. The second-order valence-electron chi connectivity index (χ2n) is 7.97. The molecule has 0 aliphatic heterocycles. The minimum absolute atomic E-state index is 0.150. The van der Waals surface area contributed by atoms with Crippen LogP contribution < -0.4 is 16.4 Å². The molecule has 10 heteroatoms. The van der Waals surface area contributed by atoms with E-state index in [1.54, 1.807) is 31.2 Å². The molecular formula is C26H21F2N7O. The molecule has 8 nitrogen and oxygen atoms in total. The van der Waals surface area contributed by atoms with Gasteiger partial charge in [0, 0.05) is 18.3 Å². The fraction of sp³-hybridized carbons (Fsp3) is 0.115. The zero-order valence-electron chi connectivity index (χ0n) is 19.2. The number of pyridine rings is 1. The van der Waals surface area contributed by atoms with Gasteiger partial charge in [-0.25, -0.2) is 18.7 Å². The molecule has 4 aromatic rings. The van der Waals surface area contributed by atoms with Crippen LogP contribution in [0.3, 0.4) is 0 Å². The van der Waals surface area contributed by atoms with Gasteiger partial charge in [-0.3, -0.25) is 9.78 Å². The van der Waals surface area contributed by atoms with Gasteiger partial charge in [0.25, 0.3) is 5.91 Å². The van der Waals surface area contributed by atoms with Gasteiger partial charge in [0.2, 0.25) is 0 Å². The molecule has 1 amide bonds. The second-order valence-corrected chi connectivity index (χ2v) is 7.97. The number of hydrogen-bond acceptors (Lipinski definition) is 7. The molecule has 0 saturated heterocycles. The first-order valence-corrected chi connectivity index (χ1v) is 10.9. The summed E-state index contributed by atoms with van der Waals surface area (Å²) in [5.74, 6) is -0.872. The highest BCUT2D eigenvalue weighted by molar-refractivity contribution is 5.99. The predicted octanol–water partition coefficient (Wildman–Crippen LogP) is 4.37. The number of nitrogens with one attached hydrogen (secondary N) is 2. The summed E-state index contributed by atoms with van der Waals surface area (Å²) in [7, 11) is 0. The molecule has 0 aliphatic rings. The smallest absolute Gasteiger partial charge is 0.255 e. The van der Waals surface area contributed by atoms with E-state index in [1.165, 1.54) is 42.9 Å². The normalized spacial score (nSPS) is 11.4. The first-order chi connectivity index (χ1) is 17.3. The van der Waals surface area contributed by atoms with Gasteiger partial charge >= 0.3 is 0 Å². The average Bonchev–Trinajstić information content (AvgIpc) is 2.88. The number of rotatable bonds is 7. The van der Waals surface area contributed by atoms with Crippen LogP contribution in [0.1, 0.15) is 40.0 Å². The summed E-state index contributed by atoms with van der Waals surface area (Å²) in [6.07, 6.45) is 4.08. The van der Waals surface area contributed by atoms with E-state index in [-0.39, 0.29) is 40.7 Å². The SMILES string of the molecule is C[C@H](NC(=O)c1cc(C#N)cnc1NCc1ccc(-c2cnc(N)cn2)c(F)c1)c1ccc(F)cc1. The van der Waals surface area contributed by atoms with E-state index in [0.29, 0.717) is 16.8 Å². The lowest BCUT2D eigenvalue weighted by Gasteiger charge is -2.17. The third-order valence-corrected chi connectivity index (χ3v) is 5.42. The molecule has 4 N–H and O–H groups in total. The summed E-state index contributed by atoms with van der Waals surface area (Å²) < 4.78 is 28.0. The van der Waals surface area contributed by atoms with Crippen molar-refractivity contribution in [3.63, 3.8) is 0 Å². The van der Waals surface area contributed by atoms with Crippen LogP contribution >= 0.6 is 0 Å². The molecule has 0 saturated carbocycles. The van der Waals surface area contributed by atoms with Crippen molar-refractivity contribution in [3.05, 3.63) is 101 Å². The number of halogens is 2. The number of benzene rings is 2. The summed E-state index contributed by atoms with van der Waals surface area (Å²) in [6, 6.07) is 13.4.